The second-order valence-corrected chi connectivity index (χ2v) is 3.99. The summed E-state index contributed by atoms with van der Waals surface area (Å²) in [5.74, 6) is 0.633. The van der Waals surface area contributed by atoms with Crippen molar-refractivity contribution >= 4 is 27.0 Å². The summed E-state index contributed by atoms with van der Waals surface area (Å²) < 4.78 is 5.75. The van der Waals surface area contributed by atoms with E-state index in [2.05, 4.69) is 25.9 Å². The maximum absolute atomic E-state index is 9.70. The predicted molar refractivity (Wildman–Crippen MR) is 60.2 cm³/mol. The van der Waals surface area contributed by atoms with Crippen molar-refractivity contribution in [2.45, 2.75) is 6.92 Å². The molecule has 0 saturated heterocycles. The second kappa shape index (κ2) is 3.66. The number of aryl methyl sites for hydroxylation is 1. The van der Waals surface area contributed by atoms with Crippen LogP contribution in [-0.4, -0.2) is 22.2 Å². The Morgan fingerprint density at radius 2 is 2.07 bits per heavy atom. The zero-order chi connectivity index (χ0) is 11.0. The second-order valence-electron chi connectivity index (χ2n) is 3.13. The van der Waals surface area contributed by atoms with Crippen molar-refractivity contribution in [3.8, 4) is 11.6 Å². The molecule has 0 unspecified atom stereocenters. The third-order valence-corrected chi connectivity index (χ3v) is 2.59. The summed E-state index contributed by atoms with van der Waals surface area (Å²) >= 11 is 3.30. The minimum atomic E-state index is 0.174. The SMILES string of the molecule is COc1nc2nc(C)cc(O)c2cc1Br. The van der Waals surface area contributed by atoms with Crippen molar-refractivity contribution in [3.63, 3.8) is 0 Å². The molecule has 15 heavy (non-hydrogen) atoms. The van der Waals surface area contributed by atoms with Gasteiger partial charge < -0.3 is 9.84 Å². The number of aromatic hydroxyl groups is 1. The molecule has 0 radical (unpaired) electrons. The Labute approximate surface area is 95.1 Å². The number of fused-ring (bicyclic) bond motifs is 1. The Kier molecular flexibility index (Phi) is 2.48. The van der Waals surface area contributed by atoms with Gasteiger partial charge in [0.2, 0.25) is 5.88 Å². The molecular weight excluding hydrogens is 260 g/mol. The number of methoxy groups -OCH3 is 1. The van der Waals surface area contributed by atoms with Crippen molar-refractivity contribution in [3.05, 3.63) is 22.3 Å². The zero-order valence-electron chi connectivity index (χ0n) is 8.28. The molecule has 0 aliphatic rings. The van der Waals surface area contributed by atoms with Crippen LogP contribution < -0.4 is 4.74 Å². The molecule has 4 nitrogen and oxygen atoms in total. The van der Waals surface area contributed by atoms with Crippen molar-refractivity contribution in [2.24, 2.45) is 0 Å². The predicted octanol–water partition coefficient (Wildman–Crippen LogP) is 2.41. The lowest BCUT2D eigenvalue weighted by Gasteiger charge is -2.05. The lowest BCUT2D eigenvalue weighted by molar-refractivity contribution is 0.396. The lowest BCUT2D eigenvalue weighted by Crippen LogP contribution is -1.93. The van der Waals surface area contributed by atoms with Gasteiger partial charge in [0.15, 0.2) is 5.65 Å². The van der Waals surface area contributed by atoms with Gasteiger partial charge >= 0.3 is 0 Å². The van der Waals surface area contributed by atoms with Gasteiger partial charge in [0.25, 0.3) is 0 Å². The number of ether oxygens (including phenoxy) is 1. The number of hydrogen-bond donors (Lipinski definition) is 1. The molecule has 0 bridgehead atoms. The van der Waals surface area contributed by atoms with Crippen LogP contribution in [0, 0.1) is 6.92 Å². The van der Waals surface area contributed by atoms with Gasteiger partial charge in [-0.25, -0.2) is 4.98 Å². The minimum Gasteiger partial charge on any atom is -0.507 e. The fraction of sp³-hybridized carbons (Fsp3) is 0.200. The van der Waals surface area contributed by atoms with Crippen LogP contribution in [0.3, 0.4) is 0 Å². The fourth-order valence-electron chi connectivity index (χ4n) is 1.35. The molecule has 2 heterocycles. The Balaban J connectivity index is 2.81. The molecule has 78 valence electrons. The van der Waals surface area contributed by atoms with Crippen LogP contribution in [0.5, 0.6) is 11.6 Å². The zero-order valence-corrected chi connectivity index (χ0v) is 9.87. The summed E-state index contributed by atoms with van der Waals surface area (Å²) in [7, 11) is 1.54. The smallest absolute Gasteiger partial charge is 0.229 e. The number of nitrogens with zero attached hydrogens (tertiary/aromatic N) is 2. The third kappa shape index (κ3) is 1.74. The van der Waals surface area contributed by atoms with Gasteiger partial charge in [-0.1, -0.05) is 0 Å². The van der Waals surface area contributed by atoms with Crippen LogP contribution >= 0.6 is 15.9 Å². The van der Waals surface area contributed by atoms with E-state index < -0.39 is 0 Å². The molecule has 0 spiro atoms. The molecule has 2 rings (SSSR count). The molecule has 0 atom stereocenters. The van der Waals surface area contributed by atoms with Crippen LogP contribution in [0.15, 0.2) is 16.6 Å². The first-order chi connectivity index (χ1) is 7.11. The topological polar surface area (TPSA) is 55.2 Å². The largest absolute Gasteiger partial charge is 0.507 e. The Morgan fingerprint density at radius 3 is 2.73 bits per heavy atom. The highest BCUT2D eigenvalue weighted by atomic mass is 79.9. The van der Waals surface area contributed by atoms with Gasteiger partial charge in [0.05, 0.1) is 17.0 Å². The molecule has 5 heteroatoms. The van der Waals surface area contributed by atoms with Crippen molar-refractivity contribution in [1.82, 2.24) is 9.97 Å². The quantitative estimate of drug-likeness (QED) is 0.863. The van der Waals surface area contributed by atoms with Crippen LogP contribution in [0.2, 0.25) is 0 Å². The Hall–Kier alpha value is -1.36. The highest BCUT2D eigenvalue weighted by Gasteiger charge is 2.09. The highest BCUT2D eigenvalue weighted by molar-refractivity contribution is 9.10. The number of hydrogen-bond acceptors (Lipinski definition) is 4. The molecule has 0 aromatic carbocycles. The van der Waals surface area contributed by atoms with Gasteiger partial charge in [-0.05, 0) is 28.9 Å². The fourth-order valence-corrected chi connectivity index (χ4v) is 1.83. The van der Waals surface area contributed by atoms with Crippen LogP contribution in [0.4, 0.5) is 0 Å². The summed E-state index contributed by atoms with van der Waals surface area (Å²) in [5, 5.41) is 10.3. The summed E-state index contributed by atoms with van der Waals surface area (Å²) in [6, 6.07) is 3.34. The van der Waals surface area contributed by atoms with E-state index in [-0.39, 0.29) is 5.75 Å². The summed E-state index contributed by atoms with van der Waals surface area (Å²) in [5.41, 5.74) is 1.20. The van der Waals surface area contributed by atoms with E-state index >= 15 is 0 Å². The third-order valence-electron chi connectivity index (χ3n) is 2.02. The maximum atomic E-state index is 9.70. The Morgan fingerprint density at radius 1 is 1.33 bits per heavy atom. The number of aromatic nitrogens is 2. The number of pyridine rings is 2. The van der Waals surface area contributed by atoms with E-state index in [4.69, 9.17) is 4.74 Å². The van der Waals surface area contributed by atoms with Crippen molar-refractivity contribution in [1.29, 1.82) is 0 Å². The number of halogens is 1. The number of rotatable bonds is 1. The van der Waals surface area contributed by atoms with E-state index in [0.29, 0.717) is 21.4 Å². The first kappa shape index (κ1) is 10.2. The summed E-state index contributed by atoms with van der Waals surface area (Å²) in [6.07, 6.45) is 0. The molecule has 0 aliphatic carbocycles. The monoisotopic (exact) mass is 268 g/mol. The molecule has 0 aliphatic heterocycles. The van der Waals surface area contributed by atoms with E-state index in [0.717, 1.165) is 5.69 Å². The van der Waals surface area contributed by atoms with Crippen LogP contribution in [0.1, 0.15) is 5.69 Å². The molecule has 2 aromatic rings. The maximum Gasteiger partial charge on any atom is 0.229 e. The van der Waals surface area contributed by atoms with Crippen molar-refractivity contribution in [2.75, 3.05) is 7.11 Å². The summed E-state index contributed by atoms with van der Waals surface area (Å²) in [6.45, 7) is 1.80. The van der Waals surface area contributed by atoms with Gasteiger partial charge in [0, 0.05) is 11.8 Å². The average molecular weight is 269 g/mol. The molecule has 2 aromatic heterocycles. The Bertz CT molecular complexity index is 528. The highest BCUT2D eigenvalue weighted by Crippen LogP contribution is 2.30. The van der Waals surface area contributed by atoms with Crippen molar-refractivity contribution < 1.29 is 9.84 Å². The molecular formula is C10H9BrN2O2. The standard InChI is InChI=1S/C10H9BrN2O2/c1-5-3-8(14)6-4-7(11)10(15-2)13-9(6)12-5/h3-4H,1-2H3,(H,12,13,14). The molecule has 0 fully saturated rings. The summed E-state index contributed by atoms with van der Waals surface area (Å²) in [4.78, 5) is 8.39. The molecule has 0 amide bonds. The van der Waals surface area contributed by atoms with Gasteiger partial charge in [-0.15, -0.1) is 0 Å². The molecule has 1 N–H and O–H groups in total. The van der Waals surface area contributed by atoms with Crippen LogP contribution in [-0.2, 0) is 0 Å². The minimum absolute atomic E-state index is 0.174. The van der Waals surface area contributed by atoms with Gasteiger partial charge in [0.1, 0.15) is 5.75 Å². The van der Waals surface area contributed by atoms with Gasteiger partial charge in [-0.3, -0.25) is 0 Å². The average Bonchev–Trinajstić information content (AvgIpc) is 2.18. The molecule has 0 saturated carbocycles. The lowest BCUT2D eigenvalue weighted by atomic mass is 10.2. The first-order valence-corrected chi connectivity index (χ1v) is 5.12. The van der Waals surface area contributed by atoms with E-state index in [1.165, 1.54) is 7.11 Å². The van der Waals surface area contributed by atoms with E-state index in [1.54, 1.807) is 19.1 Å². The van der Waals surface area contributed by atoms with E-state index in [9.17, 15) is 5.11 Å². The van der Waals surface area contributed by atoms with Gasteiger partial charge in [-0.2, -0.15) is 4.98 Å². The van der Waals surface area contributed by atoms with E-state index in [1.807, 2.05) is 0 Å². The normalized spacial score (nSPS) is 10.6. The first-order valence-electron chi connectivity index (χ1n) is 4.32. The van der Waals surface area contributed by atoms with Crippen LogP contribution in [0.25, 0.3) is 11.0 Å².